The monoisotopic (exact) mass is 409 g/mol. The van der Waals surface area contributed by atoms with Crippen LogP contribution in [0, 0.1) is 0 Å². The van der Waals surface area contributed by atoms with Gasteiger partial charge in [0.1, 0.15) is 11.0 Å². The maximum atomic E-state index is 12.9. The summed E-state index contributed by atoms with van der Waals surface area (Å²) in [5.41, 5.74) is 1.57. The molecule has 146 valence electrons. The third-order valence-corrected chi connectivity index (χ3v) is 6.03. The van der Waals surface area contributed by atoms with Crippen LogP contribution in [0.3, 0.4) is 0 Å². The normalized spacial score (nSPS) is 14.5. The Morgan fingerprint density at radius 3 is 2.81 bits per heavy atom. The molecule has 0 fully saturated rings. The summed E-state index contributed by atoms with van der Waals surface area (Å²) in [6.07, 6.45) is 8.41. The lowest BCUT2D eigenvalue weighted by atomic mass is 9.95. The van der Waals surface area contributed by atoms with Gasteiger partial charge in [0.2, 0.25) is 5.91 Å². The number of rotatable bonds is 7. The van der Waals surface area contributed by atoms with Crippen molar-refractivity contribution >= 4 is 39.8 Å². The van der Waals surface area contributed by atoms with E-state index in [4.69, 9.17) is 16.3 Å². The second kappa shape index (κ2) is 8.89. The molecule has 2 heterocycles. The number of hydrogen-bond donors (Lipinski definition) is 1. The fourth-order valence-corrected chi connectivity index (χ4v) is 4.73. The summed E-state index contributed by atoms with van der Waals surface area (Å²) in [5.74, 6) is -0.554. The van der Waals surface area contributed by atoms with Crippen molar-refractivity contribution in [3.63, 3.8) is 0 Å². The molecule has 1 aliphatic rings. The Bertz CT molecular complexity index is 830. The highest BCUT2D eigenvalue weighted by Crippen LogP contribution is 2.39. The lowest BCUT2D eigenvalue weighted by Crippen LogP contribution is -2.26. The number of nitrogens with one attached hydrogen (secondary N) is 1. The molecule has 1 amide bonds. The van der Waals surface area contributed by atoms with Crippen molar-refractivity contribution in [2.24, 2.45) is 0 Å². The van der Waals surface area contributed by atoms with Crippen LogP contribution in [0.25, 0.3) is 0 Å². The molecule has 0 saturated heterocycles. The second-order valence-corrected chi connectivity index (χ2v) is 8.14. The quantitative estimate of drug-likeness (QED) is 0.676. The first kappa shape index (κ1) is 19.9. The van der Waals surface area contributed by atoms with Gasteiger partial charge in [-0.2, -0.15) is 5.10 Å². The zero-order valence-electron chi connectivity index (χ0n) is 15.6. The highest BCUT2D eigenvalue weighted by atomic mass is 35.5. The van der Waals surface area contributed by atoms with Crippen molar-refractivity contribution in [2.45, 2.75) is 58.4 Å². The lowest BCUT2D eigenvalue weighted by molar-refractivity contribution is -0.119. The third-order valence-electron chi connectivity index (χ3n) is 4.63. The Balaban J connectivity index is 1.87. The van der Waals surface area contributed by atoms with Gasteiger partial charge in [-0.25, -0.2) is 4.79 Å². The summed E-state index contributed by atoms with van der Waals surface area (Å²) in [5, 5.41) is 8.18. The number of ether oxygens (including phenoxy) is 1. The molecule has 0 saturated carbocycles. The van der Waals surface area contributed by atoms with Crippen LogP contribution in [-0.2, 0) is 22.4 Å². The Morgan fingerprint density at radius 2 is 2.15 bits per heavy atom. The molecular formula is C19H24ClN3O3S. The molecule has 0 aliphatic heterocycles. The second-order valence-electron chi connectivity index (χ2n) is 6.60. The maximum absolute atomic E-state index is 12.9. The summed E-state index contributed by atoms with van der Waals surface area (Å²) >= 11 is 7.43. The smallest absolute Gasteiger partial charge is 0.341 e. The minimum atomic E-state index is -0.490. The maximum Gasteiger partial charge on any atom is 0.341 e. The van der Waals surface area contributed by atoms with Crippen LogP contribution in [-0.4, -0.2) is 28.3 Å². The van der Waals surface area contributed by atoms with Crippen molar-refractivity contribution in [1.29, 1.82) is 0 Å². The molecular weight excluding hydrogens is 386 g/mol. The molecule has 1 unspecified atom stereocenters. The van der Waals surface area contributed by atoms with Gasteiger partial charge >= 0.3 is 5.97 Å². The molecule has 0 radical (unpaired) electrons. The standard InChI is InChI=1S/C19H24ClN3O3S/c1-3-9-26-19(25)16-13-7-5-6-8-15(13)27-18(16)22-17(24)14(4-2)23-11-12(20)10-21-23/h10-11,14H,3-9H2,1-2H3,(H,22,24). The van der Waals surface area contributed by atoms with E-state index in [1.165, 1.54) is 22.4 Å². The fourth-order valence-electron chi connectivity index (χ4n) is 3.31. The van der Waals surface area contributed by atoms with Crippen LogP contribution in [0.15, 0.2) is 12.4 Å². The number of anilines is 1. The molecule has 0 bridgehead atoms. The number of aryl methyl sites for hydroxylation is 1. The molecule has 6 nitrogen and oxygen atoms in total. The van der Waals surface area contributed by atoms with Crippen molar-refractivity contribution in [1.82, 2.24) is 9.78 Å². The molecule has 2 aromatic rings. The average Bonchev–Trinajstić information content (AvgIpc) is 3.23. The van der Waals surface area contributed by atoms with E-state index in [-0.39, 0.29) is 11.9 Å². The van der Waals surface area contributed by atoms with Crippen LogP contribution in [0.5, 0.6) is 0 Å². The predicted octanol–water partition coefficient (Wildman–Crippen LogP) is 4.63. The van der Waals surface area contributed by atoms with Crippen molar-refractivity contribution < 1.29 is 14.3 Å². The number of carbonyl (C=O) groups is 2. The molecule has 1 atom stereocenters. The largest absolute Gasteiger partial charge is 0.462 e. The Morgan fingerprint density at radius 1 is 1.37 bits per heavy atom. The first-order chi connectivity index (χ1) is 13.0. The molecule has 27 heavy (non-hydrogen) atoms. The van der Waals surface area contributed by atoms with E-state index in [0.717, 1.165) is 37.7 Å². The van der Waals surface area contributed by atoms with Gasteiger partial charge in [-0.3, -0.25) is 9.48 Å². The number of halogens is 1. The van der Waals surface area contributed by atoms with E-state index < -0.39 is 6.04 Å². The number of fused-ring (bicyclic) bond motifs is 1. The fraction of sp³-hybridized carbons (Fsp3) is 0.526. The Hall–Kier alpha value is -1.86. The number of thiophene rings is 1. The number of hydrogen-bond acceptors (Lipinski definition) is 5. The van der Waals surface area contributed by atoms with Crippen LogP contribution < -0.4 is 5.32 Å². The van der Waals surface area contributed by atoms with Gasteiger partial charge in [0, 0.05) is 11.1 Å². The number of nitrogens with zero attached hydrogens (tertiary/aromatic N) is 2. The van der Waals surface area contributed by atoms with Crippen molar-refractivity contribution in [2.75, 3.05) is 11.9 Å². The number of esters is 1. The number of carbonyl (C=O) groups excluding carboxylic acids is 2. The SMILES string of the molecule is CCCOC(=O)c1c(NC(=O)C(CC)n2cc(Cl)cn2)sc2c1CCCC2. The minimum Gasteiger partial charge on any atom is -0.462 e. The van der Waals surface area contributed by atoms with Crippen LogP contribution >= 0.6 is 22.9 Å². The topological polar surface area (TPSA) is 73.2 Å². The van der Waals surface area contributed by atoms with Gasteiger partial charge < -0.3 is 10.1 Å². The Labute approximate surface area is 167 Å². The predicted molar refractivity (Wildman–Crippen MR) is 107 cm³/mol. The van der Waals surface area contributed by atoms with Crippen LogP contribution in [0.1, 0.15) is 66.4 Å². The molecule has 1 N–H and O–H groups in total. The molecule has 8 heteroatoms. The summed E-state index contributed by atoms with van der Waals surface area (Å²) in [6.45, 7) is 4.25. The number of aromatic nitrogens is 2. The van der Waals surface area contributed by atoms with Gasteiger partial charge in [-0.05, 0) is 44.1 Å². The molecule has 2 aromatic heterocycles. The van der Waals surface area contributed by atoms with Crippen LogP contribution in [0.4, 0.5) is 5.00 Å². The van der Waals surface area contributed by atoms with E-state index >= 15 is 0 Å². The van der Waals surface area contributed by atoms with E-state index in [2.05, 4.69) is 10.4 Å². The lowest BCUT2D eigenvalue weighted by Gasteiger charge is -2.16. The summed E-state index contributed by atoms with van der Waals surface area (Å²) in [6, 6.07) is -0.490. The average molecular weight is 410 g/mol. The summed E-state index contributed by atoms with van der Waals surface area (Å²) in [7, 11) is 0. The van der Waals surface area contributed by atoms with Gasteiger partial charge in [0.15, 0.2) is 0 Å². The van der Waals surface area contributed by atoms with E-state index in [1.807, 2.05) is 13.8 Å². The van der Waals surface area contributed by atoms with Gasteiger partial charge in [0.25, 0.3) is 0 Å². The molecule has 0 aromatic carbocycles. The highest BCUT2D eigenvalue weighted by Gasteiger charge is 2.29. The third kappa shape index (κ3) is 4.35. The van der Waals surface area contributed by atoms with E-state index in [1.54, 1.807) is 10.9 Å². The van der Waals surface area contributed by atoms with Gasteiger partial charge in [-0.1, -0.05) is 25.4 Å². The summed E-state index contributed by atoms with van der Waals surface area (Å²) in [4.78, 5) is 26.7. The minimum absolute atomic E-state index is 0.208. The van der Waals surface area contributed by atoms with Gasteiger partial charge in [0.05, 0.1) is 23.4 Å². The molecule has 0 spiro atoms. The first-order valence-corrected chi connectivity index (χ1v) is 10.6. The van der Waals surface area contributed by atoms with E-state index in [9.17, 15) is 9.59 Å². The summed E-state index contributed by atoms with van der Waals surface area (Å²) < 4.78 is 6.94. The first-order valence-electron chi connectivity index (χ1n) is 9.37. The van der Waals surface area contributed by atoms with E-state index in [0.29, 0.717) is 28.6 Å². The number of amides is 1. The molecule has 1 aliphatic carbocycles. The zero-order valence-corrected chi connectivity index (χ0v) is 17.2. The highest BCUT2D eigenvalue weighted by molar-refractivity contribution is 7.17. The Kier molecular flexibility index (Phi) is 6.55. The molecule has 3 rings (SSSR count). The van der Waals surface area contributed by atoms with Crippen molar-refractivity contribution in [3.05, 3.63) is 33.4 Å². The van der Waals surface area contributed by atoms with Crippen LogP contribution in [0.2, 0.25) is 5.02 Å². The van der Waals surface area contributed by atoms with Gasteiger partial charge in [-0.15, -0.1) is 11.3 Å². The zero-order chi connectivity index (χ0) is 19.4. The van der Waals surface area contributed by atoms with Crippen molar-refractivity contribution in [3.8, 4) is 0 Å².